The number of fused-ring (bicyclic) bond motifs is 62. The molecule has 0 N–H and O–H groups in total. The van der Waals surface area contributed by atoms with Gasteiger partial charge in [0.05, 0.1) is 97.5 Å². The SMILES string of the molecule is [C-]#[N+]c1c([N+]#[C-])c([N+]#[C-])c2cc3c4c5ccccc5c5ccccc5c4c4nc5ccccc5n4c3cc2c1C#N.c1ccc2c(c1)ccc1c2c2c3ccccc3c3ccccc3c2c2nc3ccccc3n12.c1ccc2c(c1)ccc1c3c4ccccc4c4ccccc4c3c3nc4ccccc4n3c21.c1ccc2c(c1)nc1c3c4ccccc4c4ccccc4c3c3c4ccccc4c4ccccc4c3n21. The molecule has 0 aliphatic rings. The largest absolute Gasteiger partial charge is 0.292 e. The van der Waals surface area contributed by atoms with Crippen molar-refractivity contribution in [2.45, 2.75) is 0 Å². The Hall–Kier alpha value is -20.3. The van der Waals surface area contributed by atoms with Gasteiger partial charge in [0, 0.05) is 75.4 Å². The summed E-state index contributed by atoms with van der Waals surface area (Å²) in [5, 5.41) is 55.1. The van der Waals surface area contributed by atoms with Crippen LogP contribution in [-0.2, 0) is 0 Å². The third-order valence-corrected chi connectivity index (χ3v) is 30.3. The zero-order valence-corrected chi connectivity index (χ0v) is 76.8. The number of pyridine rings is 4. The van der Waals surface area contributed by atoms with Crippen LogP contribution in [0.3, 0.4) is 0 Å². The zero-order valence-electron chi connectivity index (χ0n) is 76.8. The highest BCUT2D eigenvalue weighted by molar-refractivity contribution is 6.44. The molecular formula is C132H70N12. The first-order valence-electron chi connectivity index (χ1n) is 48.3. The number of nitrogens with zero attached hydrogens (tertiary/aromatic N) is 12. The van der Waals surface area contributed by atoms with Crippen LogP contribution in [0.4, 0.5) is 17.1 Å². The van der Waals surface area contributed by atoms with E-state index in [4.69, 9.17) is 39.7 Å². The summed E-state index contributed by atoms with van der Waals surface area (Å²) in [6.07, 6.45) is 0. The van der Waals surface area contributed by atoms with E-state index in [0.717, 1.165) is 110 Å². The van der Waals surface area contributed by atoms with Gasteiger partial charge in [0.15, 0.2) is 5.69 Å². The number of hydrogen-bond acceptors (Lipinski definition) is 5. The van der Waals surface area contributed by atoms with Gasteiger partial charge in [0.2, 0.25) is 11.4 Å². The molecule has 0 amide bonds. The molecule has 0 unspecified atom stereocenters. The van der Waals surface area contributed by atoms with Gasteiger partial charge >= 0.3 is 0 Å². The van der Waals surface area contributed by atoms with Gasteiger partial charge < -0.3 is 0 Å². The van der Waals surface area contributed by atoms with E-state index in [1.807, 2.05) is 60.7 Å². The van der Waals surface area contributed by atoms with Crippen LogP contribution >= 0.6 is 0 Å². The fourth-order valence-electron chi connectivity index (χ4n) is 24.6. The average Bonchev–Trinajstić information content (AvgIpc) is 1.50. The van der Waals surface area contributed by atoms with Gasteiger partial charge in [0.25, 0.3) is 0 Å². The Bertz CT molecular complexity index is 11900. The third kappa shape index (κ3) is 11.0. The summed E-state index contributed by atoms with van der Waals surface area (Å²) < 4.78 is 9.28. The van der Waals surface area contributed by atoms with E-state index in [-0.39, 0.29) is 22.6 Å². The summed E-state index contributed by atoms with van der Waals surface area (Å²) in [5.41, 5.74) is 16.6. The van der Waals surface area contributed by atoms with E-state index < -0.39 is 0 Å². The predicted octanol–water partition coefficient (Wildman–Crippen LogP) is 35.7. The second-order valence-corrected chi connectivity index (χ2v) is 37.4. The highest BCUT2D eigenvalue weighted by Crippen LogP contribution is 2.54. The predicted molar refractivity (Wildman–Crippen MR) is 602 cm³/mol. The van der Waals surface area contributed by atoms with E-state index in [1.165, 1.54) is 173 Å². The van der Waals surface area contributed by atoms with E-state index in [9.17, 15) is 5.26 Å². The van der Waals surface area contributed by atoms with Crippen molar-refractivity contribution < 1.29 is 0 Å². The van der Waals surface area contributed by atoms with Crippen molar-refractivity contribution in [3.63, 3.8) is 0 Å². The number of rotatable bonds is 0. The maximum absolute atomic E-state index is 10.2. The summed E-state index contributed by atoms with van der Waals surface area (Å²) in [4.78, 5) is 31.6. The number of benzene rings is 25. The quantitative estimate of drug-likeness (QED) is 0.0854. The van der Waals surface area contributed by atoms with Crippen molar-refractivity contribution in [1.29, 1.82) is 5.26 Å². The molecule has 0 bridgehead atoms. The first-order valence-corrected chi connectivity index (χ1v) is 48.3. The van der Waals surface area contributed by atoms with E-state index >= 15 is 0 Å². The molecule has 658 valence electrons. The Morgan fingerprint density at radius 3 is 0.875 bits per heavy atom. The summed E-state index contributed by atoms with van der Waals surface area (Å²) in [7, 11) is 0. The molecule has 0 saturated heterocycles. The Kier molecular flexibility index (Phi) is 17.0. The van der Waals surface area contributed by atoms with Crippen molar-refractivity contribution in [3.05, 3.63) is 464 Å². The molecule has 0 aliphatic heterocycles. The average molecular weight is 1820 g/mol. The van der Waals surface area contributed by atoms with Crippen LogP contribution in [-0.4, -0.2) is 37.5 Å². The summed E-state index contributed by atoms with van der Waals surface area (Å²) in [5.74, 6) is 0. The van der Waals surface area contributed by atoms with Gasteiger partial charge in [-0.05, 0) is 190 Å². The molecular weight excluding hydrogens is 1750 g/mol. The Balaban J connectivity index is 0.0000000897. The molecule has 144 heavy (non-hydrogen) atoms. The molecule has 25 aromatic carbocycles. The lowest BCUT2D eigenvalue weighted by Gasteiger charge is -2.18. The molecule has 0 saturated carbocycles. The number of hydrogen-bond donors (Lipinski definition) is 0. The van der Waals surface area contributed by atoms with Gasteiger partial charge in [-0.3, -0.25) is 32.1 Å². The minimum Gasteiger partial charge on any atom is -0.292 e. The summed E-state index contributed by atoms with van der Waals surface area (Å²) in [6, 6.07) is 153. The number of aromatic nitrogens is 8. The van der Waals surface area contributed by atoms with Crippen molar-refractivity contribution in [2.75, 3.05) is 0 Å². The maximum Gasteiger partial charge on any atom is 0.202 e. The molecule has 0 radical (unpaired) electrons. The zero-order chi connectivity index (χ0) is 95.0. The Labute approximate surface area is 818 Å². The molecule has 12 nitrogen and oxygen atoms in total. The number of para-hydroxylation sites is 8. The summed E-state index contributed by atoms with van der Waals surface area (Å²) in [6.45, 7) is 23.5. The van der Waals surface area contributed by atoms with E-state index in [2.05, 4.69) is 402 Å². The molecule has 0 fully saturated rings. The second-order valence-electron chi connectivity index (χ2n) is 37.4. The number of nitriles is 1. The fraction of sp³-hybridized carbons (Fsp3) is 0. The van der Waals surface area contributed by atoms with E-state index in [0.29, 0.717) is 10.8 Å². The molecule has 33 aromatic rings. The van der Waals surface area contributed by atoms with Gasteiger partial charge in [0.1, 0.15) is 22.6 Å². The lowest BCUT2D eigenvalue weighted by atomic mass is 9.89. The normalized spacial score (nSPS) is 12.0. The number of imidazole rings is 4. The van der Waals surface area contributed by atoms with Gasteiger partial charge in [-0.1, -0.05) is 364 Å². The van der Waals surface area contributed by atoms with Crippen molar-refractivity contribution in [3.8, 4) is 6.07 Å². The first kappa shape index (κ1) is 79.9. The first-order chi connectivity index (χ1) is 71.4. The van der Waals surface area contributed by atoms with Crippen LogP contribution in [0.5, 0.6) is 0 Å². The monoisotopic (exact) mass is 1820 g/mol. The molecule has 12 heteroatoms. The third-order valence-electron chi connectivity index (χ3n) is 30.3. The molecule has 0 aliphatic carbocycles. The van der Waals surface area contributed by atoms with E-state index in [1.54, 1.807) is 0 Å². The fourth-order valence-corrected chi connectivity index (χ4v) is 24.6. The van der Waals surface area contributed by atoms with Crippen molar-refractivity contribution in [1.82, 2.24) is 37.5 Å². The van der Waals surface area contributed by atoms with Crippen LogP contribution in [0.1, 0.15) is 5.56 Å². The van der Waals surface area contributed by atoms with Crippen LogP contribution in [0.15, 0.2) is 425 Å². The highest BCUT2D eigenvalue weighted by atomic mass is 15.0. The standard InChI is InChI=1S/C35H14N6.C35H20N2.2C31H18N2/c1-37-32-24-16-25-29(17-23(24)26(18-36)33(38-2)34(32)39-3)41-28-15-9-8-14-27(28)40-35(41)31-22-13-7-5-11-20(22)19-10-4-6-12-21(19)30(25)31;1-5-15-25-21(11-1)22-12-3-7-17-27(22)33-31(25)32-26-16-6-2-13-23(26)24-14-4-8-18-28(24)34(32)37-30-20-10-9-19-29(30)36-35(33)37;1-2-10-20-19(9-1)17-18-25-28-23-13-5-3-11-21(23)22-12-4-6-14-24(22)29(28)31-32-26-15-7-8-16-27(26)33(31)30(20)25;1-2-10-20-19(9-1)17-18-27-28(20)29-23-13-5-3-11-21(23)22-12-4-6-14-24(22)30(29)31-32-25-15-7-8-16-26(25)33(27)31/h4-17H;1-20H;2*1-18H. The Morgan fingerprint density at radius 1 is 0.181 bits per heavy atom. The van der Waals surface area contributed by atoms with Gasteiger partial charge in [-0.25, -0.2) is 19.9 Å². The molecule has 0 spiro atoms. The maximum atomic E-state index is 10.2. The lowest BCUT2D eigenvalue weighted by molar-refractivity contribution is 1.32. The van der Waals surface area contributed by atoms with Crippen molar-refractivity contribution in [2.24, 2.45) is 0 Å². The highest BCUT2D eigenvalue weighted by Gasteiger charge is 2.30. The molecule has 8 aromatic heterocycles. The topological polar surface area (TPSA) is 106 Å². The van der Waals surface area contributed by atoms with Crippen LogP contribution in [0, 0.1) is 31.0 Å². The molecule has 0 atom stereocenters. The Morgan fingerprint density at radius 2 is 0.465 bits per heavy atom. The molecule has 33 rings (SSSR count). The van der Waals surface area contributed by atoms with Crippen molar-refractivity contribution >= 4 is 311 Å². The minimum absolute atomic E-state index is 0.0767. The van der Waals surface area contributed by atoms with Gasteiger partial charge in [-0.2, -0.15) is 5.26 Å². The van der Waals surface area contributed by atoms with Crippen LogP contribution < -0.4 is 0 Å². The summed E-state index contributed by atoms with van der Waals surface area (Å²) >= 11 is 0. The van der Waals surface area contributed by atoms with Crippen LogP contribution in [0.25, 0.3) is 308 Å². The smallest absolute Gasteiger partial charge is 0.202 e. The molecule has 8 heterocycles. The lowest BCUT2D eigenvalue weighted by Crippen LogP contribution is -1.96. The van der Waals surface area contributed by atoms with Crippen LogP contribution in [0.2, 0.25) is 0 Å². The van der Waals surface area contributed by atoms with Gasteiger partial charge in [-0.15, -0.1) is 0 Å². The second kappa shape index (κ2) is 30.6. The minimum atomic E-state index is -0.0793.